The zero-order valence-corrected chi connectivity index (χ0v) is 16.1. The molecule has 1 N–H and O–H groups in total. The van der Waals surface area contributed by atoms with Crippen molar-refractivity contribution < 1.29 is 4.39 Å². The number of hydrogen-bond donors (Lipinski definition) is 1. The van der Waals surface area contributed by atoms with Crippen molar-refractivity contribution in [3.8, 4) is 0 Å². The van der Waals surface area contributed by atoms with E-state index in [1.165, 1.54) is 17.7 Å². The van der Waals surface area contributed by atoms with Crippen LogP contribution in [0.2, 0.25) is 0 Å². The van der Waals surface area contributed by atoms with Gasteiger partial charge in [-0.25, -0.2) is 14.4 Å². The number of fused-ring (bicyclic) bond motifs is 1. The number of aryl methyl sites for hydroxylation is 2. The second-order valence-electron chi connectivity index (χ2n) is 7.02. The van der Waals surface area contributed by atoms with Crippen LogP contribution in [0.4, 0.5) is 4.39 Å². The number of nitrogens with one attached hydrogen (secondary N) is 1. The first-order valence-corrected chi connectivity index (χ1v) is 9.31. The van der Waals surface area contributed by atoms with Crippen LogP contribution in [-0.4, -0.2) is 35.9 Å². The Morgan fingerprint density at radius 2 is 2.11 bits per heavy atom. The summed E-state index contributed by atoms with van der Waals surface area (Å²) in [5.41, 5.74) is 4.92. The van der Waals surface area contributed by atoms with Crippen LogP contribution in [0.25, 0.3) is 11.0 Å². The Morgan fingerprint density at radius 3 is 2.89 bits per heavy atom. The normalized spacial score (nSPS) is 11.6. The van der Waals surface area contributed by atoms with E-state index in [0.29, 0.717) is 6.54 Å². The lowest BCUT2D eigenvalue weighted by molar-refractivity contribution is 0.247. The van der Waals surface area contributed by atoms with Gasteiger partial charge in [0.05, 0.1) is 29.6 Å². The molecule has 4 aromatic rings. The molecule has 28 heavy (non-hydrogen) atoms. The minimum absolute atomic E-state index is 0.248. The number of rotatable bonds is 7. The van der Waals surface area contributed by atoms with Crippen molar-refractivity contribution >= 4 is 11.0 Å². The molecule has 0 aliphatic heterocycles. The van der Waals surface area contributed by atoms with Gasteiger partial charge >= 0.3 is 0 Å². The van der Waals surface area contributed by atoms with Gasteiger partial charge in [0.1, 0.15) is 11.6 Å². The van der Waals surface area contributed by atoms with Crippen molar-refractivity contribution in [3.63, 3.8) is 0 Å². The molecule has 0 saturated heterocycles. The molecule has 0 saturated carbocycles. The number of hydrogen-bond acceptors (Lipinski definition) is 4. The van der Waals surface area contributed by atoms with E-state index in [1.807, 2.05) is 30.1 Å². The Hall–Kier alpha value is -3.06. The Kier molecular flexibility index (Phi) is 5.16. The lowest BCUT2D eigenvalue weighted by Crippen LogP contribution is -2.27. The molecule has 4 rings (SSSR count). The summed E-state index contributed by atoms with van der Waals surface area (Å²) in [4.78, 5) is 18.8. The smallest absolute Gasteiger partial charge is 0.125 e. The Morgan fingerprint density at radius 1 is 1.21 bits per heavy atom. The van der Waals surface area contributed by atoms with E-state index < -0.39 is 0 Å². The number of benzene rings is 1. The van der Waals surface area contributed by atoms with Crippen LogP contribution >= 0.6 is 0 Å². The minimum Gasteiger partial charge on any atom is -0.348 e. The molecule has 0 aliphatic carbocycles. The summed E-state index contributed by atoms with van der Waals surface area (Å²) < 4.78 is 15.6. The van der Waals surface area contributed by atoms with Crippen LogP contribution in [0.5, 0.6) is 0 Å². The van der Waals surface area contributed by atoms with Crippen molar-refractivity contribution in [2.45, 2.75) is 26.4 Å². The molecule has 0 bridgehead atoms. The maximum atomic E-state index is 13.6. The van der Waals surface area contributed by atoms with Gasteiger partial charge in [0.25, 0.3) is 0 Å². The van der Waals surface area contributed by atoms with Gasteiger partial charge < -0.3 is 9.55 Å². The second kappa shape index (κ2) is 7.90. The number of H-pyrrole nitrogens is 1. The van der Waals surface area contributed by atoms with E-state index in [9.17, 15) is 4.39 Å². The minimum atomic E-state index is -0.248. The number of pyridine rings is 1. The molecule has 0 radical (unpaired) electrons. The largest absolute Gasteiger partial charge is 0.348 e. The fourth-order valence-electron chi connectivity index (χ4n) is 3.36. The SMILES string of the molecule is Cc1cccnc1CN(CCc1cnc[nH]1)Cc1nc2ccc(F)cc2n1C. The molecule has 0 aliphatic rings. The Labute approximate surface area is 163 Å². The summed E-state index contributed by atoms with van der Waals surface area (Å²) in [5.74, 6) is 0.654. The molecule has 0 atom stereocenters. The molecule has 0 fully saturated rings. The highest BCUT2D eigenvalue weighted by molar-refractivity contribution is 5.75. The summed E-state index contributed by atoms with van der Waals surface area (Å²) >= 11 is 0. The molecular formula is C21H23FN6. The first-order chi connectivity index (χ1) is 13.6. The first kappa shape index (κ1) is 18.3. The van der Waals surface area contributed by atoms with Gasteiger partial charge in [-0.1, -0.05) is 6.07 Å². The number of aromatic nitrogens is 5. The summed E-state index contributed by atoms with van der Waals surface area (Å²) in [6, 6.07) is 8.74. The highest BCUT2D eigenvalue weighted by Crippen LogP contribution is 2.18. The van der Waals surface area contributed by atoms with Crippen LogP contribution < -0.4 is 0 Å². The van der Waals surface area contributed by atoms with Crippen LogP contribution in [0.15, 0.2) is 49.1 Å². The number of imidazole rings is 2. The molecule has 144 valence electrons. The van der Waals surface area contributed by atoms with Gasteiger partial charge in [-0.05, 0) is 36.8 Å². The van der Waals surface area contributed by atoms with Crippen molar-refractivity contribution in [2.24, 2.45) is 7.05 Å². The maximum Gasteiger partial charge on any atom is 0.125 e. The topological polar surface area (TPSA) is 62.6 Å². The van der Waals surface area contributed by atoms with E-state index in [-0.39, 0.29) is 5.82 Å². The second-order valence-corrected chi connectivity index (χ2v) is 7.02. The molecular weight excluding hydrogens is 355 g/mol. The molecule has 1 aromatic carbocycles. The third kappa shape index (κ3) is 3.94. The van der Waals surface area contributed by atoms with Gasteiger partial charge in [-0.15, -0.1) is 0 Å². The molecule has 0 amide bonds. The van der Waals surface area contributed by atoms with Gasteiger partial charge in [0.2, 0.25) is 0 Å². The average molecular weight is 378 g/mol. The van der Waals surface area contributed by atoms with Gasteiger partial charge in [-0.2, -0.15) is 0 Å². The quantitative estimate of drug-likeness (QED) is 0.535. The average Bonchev–Trinajstić information content (AvgIpc) is 3.31. The van der Waals surface area contributed by atoms with Crippen LogP contribution in [0, 0.1) is 12.7 Å². The van der Waals surface area contributed by atoms with Crippen LogP contribution in [0.3, 0.4) is 0 Å². The van der Waals surface area contributed by atoms with Crippen LogP contribution in [-0.2, 0) is 26.6 Å². The van der Waals surface area contributed by atoms with Gasteiger partial charge in [-0.3, -0.25) is 9.88 Å². The Bertz CT molecular complexity index is 1070. The van der Waals surface area contributed by atoms with Gasteiger partial charge in [0.15, 0.2) is 0 Å². The van der Waals surface area contributed by atoms with Crippen molar-refractivity contribution in [1.29, 1.82) is 0 Å². The highest BCUT2D eigenvalue weighted by atomic mass is 19.1. The van der Waals surface area contributed by atoms with Crippen molar-refractivity contribution in [2.75, 3.05) is 6.54 Å². The van der Waals surface area contributed by atoms with E-state index in [1.54, 1.807) is 12.4 Å². The predicted octanol–water partition coefficient (Wildman–Crippen LogP) is 3.38. The standard InChI is InChI=1S/C21H23FN6/c1-15-4-3-8-24-19(15)12-28(9-7-17-11-23-14-25-17)13-21-26-18-6-5-16(22)10-20(18)27(21)2/h3-6,8,10-11,14H,7,9,12-13H2,1-2H3,(H,23,25). The predicted molar refractivity (Wildman–Crippen MR) is 106 cm³/mol. The maximum absolute atomic E-state index is 13.6. The van der Waals surface area contributed by atoms with E-state index in [0.717, 1.165) is 47.8 Å². The van der Waals surface area contributed by atoms with Crippen LogP contribution in [0.1, 0.15) is 22.8 Å². The third-order valence-electron chi connectivity index (χ3n) is 5.04. The van der Waals surface area contributed by atoms with E-state index in [4.69, 9.17) is 4.98 Å². The first-order valence-electron chi connectivity index (χ1n) is 9.31. The molecule has 6 nitrogen and oxygen atoms in total. The van der Waals surface area contributed by atoms with E-state index >= 15 is 0 Å². The lowest BCUT2D eigenvalue weighted by atomic mass is 10.2. The zero-order valence-electron chi connectivity index (χ0n) is 16.1. The van der Waals surface area contributed by atoms with Crippen molar-refractivity contribution in [3.05, 3.63) is 77.6 Å². The number of halogens is 1. The third-order valence-corrected chi connectivity index (χ3v) is 5.04. The Balaban J connectivity index is 1.59. The molecule has 3 aromatic heterocycles. The molecule has 0 unspecified atom stereocenters. The lowest BCUT2D eigenvalue weighted by Gasteiger charge is -2.22. The molecule has 3 heterocycles. The summed E-state index contributed by atoms with van der Waals surface area (Å²) in [6.45, 7) is 4.28. The molecule has 7 heteroatoms. The van der Waals surface area contributed by atoms with Crippen molar-refractivity contribution in [1.82, 2.24) is 29.4 Å². The summed E-state index contributed by atoms with van der Waals surface area (Å²) in [5, 5.41) is 0. The summed E-state index contributed by atoms with van der Waals surface area (Å²) in [6.07, 6.45) is 6.22. The zero-order chi connectivity index (χ0) is 19.5. The van der Waals surface area contributed by atoms with Gasteiger partial charge in [0, 0.05) is 44.6 Å². The number of nitrogens with zero attached hydrogens (tertiary/aromatic N) is 5. The number of aromatic amines is 1. The fourth-order valence-corrected chi connectivity index (χ4v) is 3.36. The molecule has 0 spiro atoms. The monoisotopic (exact) mass is 378 g/mol. The highest BCUT2D eigenvalue weighted by Gasteiger charge is 2.15. The fraction of sp³-hybridized carbons (Fsp3) is 0.286. The van der Waals surface area contributed by atoms with E-state index in [2.05, 4.69) is 32.8 Å². The summed E-state index contributed by atoms with van der Waals surface area (Å²) in [7, 11) is 1.93.